The molecule has 172 valence electrons. The molecule has 2 saturated carbocycles. The number of aromatic nitrogens is 3. The highest BCUT2D eigenvalue weighted by Crippen LogP contribution is 2.30. The number of pyridine rings is 1. The van der Waals surface area contributed by atoms with Crippen molar-refractivity contribution in [3.8, 4) is 11.3 Å². The summed E-state index contributed by atoms with van der Waals surface area (Å²) in [5.41, 5.74) is 2.29. The lowest BCUT2D eigenvalue weighted by molar-refractivity contribution is -0.122. The molecule has 2 aliphatic rings. The quantitative estimate of drug-likeness (QED) is 0.434. The summed E-state index contributed by atoms with van der Waals surface area (Å²) in [5.74, 6) is 1.57. The van der Waals surface area contributed by atoms with Crippen LogP contribution in [0.1, 0.15) is 64.7 Å². The van der Waals surface area contributed by atoms with Crippen LogP contribution in [0.4, 0.5) is 17.5 Å². The van der Waals surface area contributed by atoms with Crippen molar-refractivity contribution in [3.05, 3.63) is 24.5 Å². The smallest absolute Gasteiger partial charge is 0.227 e. The summed E-state index contributed by atoms with van der Waals surface area (Å²) in [7, 11) is 0. The highest BCUT2D eigenvalue weighted by atomic mass is 16.3. The molecule has 0 spiro atoms. The van der Waals surface area contributed by atoms with Crippen LogP contribution in [-0.2, 0) is 4.79 Å². The van der Waals surface area contributed by atoms with E-state index in [4.69, 9.17) is 4.98 Å². The summed E-state index contributed by atoms with van der Waals surface area (Å²) in [6.45, 7) is 2.98. The lowest BCUT2D eigenvalue weighted by Crippen LogP contribution is -2.29. The summed E-state index contributed by atoms with van der Waals surface area (Å²) in [4.78, 5) is 26.0. The monoisotopic (exact) mass is 438 g/mol. The molecule has 1 amide bonds. The van der Waals surface area contributed by atoms with Gasteiger partial charge in [-0.05, 0) is 57.1 Å². The van der Waals surface area contributed by atoms with Crippen LogP contribution in [0.5, 0.6) is 0 Å². The molecule has 0 bridgehead atoms. The third-order valence-electron chi connectivity index (χ3n) is 6.42. The van der Waals surface area contributed by atoms with Crippen molar-refractivity contribution in [2.75, 3.05) is 22.5 Å². The van der Waals surface area contributed by atoms with Crippen LogP contribution in [0.25, 0.3) is 11.3 Å². The van der Waals surface area contributed by atoms with Gasteiger partial charge in [0.25, 0.3) is 0 Å². The summed E-state index contributed by atoms with van der Waals surface area (Å²) in [6.07, 6.45) is 11.9. The molecule has 0 atom stereocenters. The third kappa shape index (κ3) is 5.73. The van der Waals surface area contributed by atoms with E-state index in [1.165, 1.54) is 0 Å². The van der Waals surface area contributed by atoms with Crippen LogP contribution in [0.3, 0.4) is 0 Å². The molecule has 2 aromatic rings. The van der Waals surface area contributed by atoms with E-state index in [0.717, 1.165) is 81.4 Å². The van der Waals surface area contributed by atoms with Crippen LogP contribution >= 0.6 is 0 Å². The number of aliphatic hydroxyl groups excluding tert-OH is 1. The number of nitrogens with zero attached hydrogens (tertiary/aromatic N) is 3. The Kier molecular flexibility index (Phi) is 7.52. The van der Waals surface area contributed by atoms with E-state index in [0.29, 0.717) is 11.6 Å². The first kappa shape index (κ1) is 22.5. The molecule has 8 heteroatoms. The predicted octanol–water partition coefficient (Wildman–Crippen LogP) is 4.20. The van der Waals surface area contributed by atoms with Crippen molar-refractivity contribution in [2.24, 2.45) is 5.92 Å². The SMILES string of the molecule is CCCCNc1ncc(-c2ccc(NC(=O)C3CCC3)cn2)c(N[C@H]2CC[C@H](O)CC2)n1. The normalized spacial score (nSPS) is 20.9. The Morgan fingerprint density at radius 2 is 1.91 bits per heavy atom. The molecule has 0 radical (unpaired) electrons. The Bertz CT molecular complexity index is 892. The minimum atomic E-state index is -0.200. The average molecular weight is 439 g/mol. The number of anilines is 3. The second-order valence-electron chi connectivity index (χ2n) is 8.94. The Morgan fingerprint density at radius 1 is 1.09 bits per heavy atom. The Morgan fingerprint density at radius 3 is 2.56 bits per heavy atom. The number of aliphatic hydroxyl groups is 1. The van der Waals surface area contributed by atoms with Gasteiger partial charge in [-0.1, -0.05) is 19.8 Å². The fourth-order valence-corrected chi connectivity index (χ4v) is 4.10. The molecule has 4 N–H and O–H groups in total. The van der Waals surface area contributed by atoms with E-state index in [-0.39, 0.29) is 24.0 Å². The summed E-state index contributed by atoms with van der Waals surface area (Å²) < 4.78 is 0. The van der Waals surface area contributed by atoms with Gasteiger partial charge in [0.1, 0.15) is 5.82 Å². The first-order valence-electron chi connectivity index (χ1n) is 11.9. The lowest BCUT2D eigenvalue weighted by Gasteiger charge is -2.27. The van der Waals surface area contributed by atoms with Crippen LogP contribution in [-0.4, -0.2) is 44.7 Å². The molecule has 0 unspecified atom stereocenters. The minimum Gasteiger partial charge on any atom is -0.393 e. The molecule has 2 fully saturated rings. The van der Waals surface area contributed by atoms with E-state index in [1.807, 2.05) is 12.1 Å². The zero-order valence-electron chi connectivity index (χ0n) is 18.8. The first-order valence-corrected chi connectivity index (χ1v) is 11.9. The summed E-state index contributed by atoms with van der Waals surface area (Å²) in [5, 5.41) is 19.6. The maximum atomic E-state index is 12.2. The van der Waals surface area contributed by atoms with Crippen LogP contribution in [0.2, 0.25) is 0 Å². The summed E-state index contributed by atoms with van der Waals surface area (Å²) in [6, 6.07) is 4.04. The maximum Gasteiger partial charge on any atom is 0.227 e. The first-order chi connectivity index (χ1) is 15.6. The van der Waals surface area contributed by atoms with E-state index < -0.39 is 0 Å². The van der Waals surface area contributed by atoms with E-state index in [2.05, 4.69) is 32.8 Å². The topological polar surface area (TPSA) is 112 Å². The van der Waals surface area contributed by atoms with Gasteiger partial charge in [-0.25, -0.2) is 4.98 Å². The average Bonchev–Trinajstić information content (AvgIpc) is 2.75. The van der Waals surface area contributed by atoms with Crippen molar-refractivity contribution < 1.29 is 9.90 Å². The van der Waals surface area contributed by atoms with Crippen LogP contribution in [0.15, 0.2) is 24.5 Å². The summed E-state index contributed by atoms with van der Waals surface area (Å²) >= 11 is 0. The molecule has 2 heterocycles. The fourth-order valence-electron chi connectivity index (χ4n) is 4.10. The van der Waals surface area contributed by atoms with Crippen molar-refractivity contribution >= 4 is 23.4 Å². The number of hydrogen-bond acceptors (Lipinski definition) is 7. The minimum absolute atomic E-state index is 0.0819. The van der Waals surface area contributed by atoms with Gasteiger partial charge in [0, 0.05) is 24.7 Å². The molecule has 0 aliphatic heterocycles. The highest BCUT2D eigenvalue weighted by Gasteiger charge is 2.25. The molecule has 2 aliphatic carbocycles. The number of carbonyl (C=O) groups excluding carboxylic acids is 1. The van der Waals surface area contributed by atoms with Crippen LogP contribution < -0.4 is 16.0 Å². The van der Waals surface area contributed by atoms with Gasteiger partial charge in [0.05, 0.1) is 29.2 Å². The number of carbonyl (C=O) groups is 1. The van der Waals surface area contributed by atoms with Crippen molar-refractivity contribution in [2.45, 2.75) is 76.9 Å². The van der Waals surface area contributed by atoms with Gasteiger partial charge >= 0.3 is 0 Å². The number of nitrogens with one attached hydrogen (secondary N) is 3. The van der Waals surface area contributed by atoms with Crippen molar-refractivity contribution in [3.63, 3.8) is 0 Å². The number of amides is 1. The molecule has 4 rings (SSSR count). The Labute approximate surface area is 189 Å². The number of rotatable bonds is 9. The molecule has 2 aromatic heterocycles. The zero-order chi connectivity index (χ0) is 22.3. The van der Waals surface area contributed by atoms with Gasteiger partial charge in [0.15, 0.2) is 0 Å². The lowest BCUT2D eigenvalue weighted by atomic mass is 9.85. The standard InChI is InChI=1S/C24H34N6O2/c1-2-3-13-25-24-27-15-20(22(30-24)28-17-7-10-19(31)11-8-17)21-12-9-18(14-26-21)29-23(32)16-5-4-6-16/h9,12,14-17,19,31H,2-8,10-11,13H2,1H3,(H,29,32)(H2,25,27,28,30)/t17-,19-. The molecule has 0 saturated heterocycles. The largest absolute Gasteiger partial charge is 0.393 e. The molecule has 32 heavy (non-hydrogen) atoms. The molecular weight excluding hydrogens is 404 g/mol. The van der Waals surface area contributed by atoms with Gasteiger partial charge in [-0.15, -0.1) is 0 Å². The Balaban J connectivity index is 1.50. The molecule has 8 nitrogen and oxygen atoms in total. The fraction of sp³-hybridized carbons (Fsp3) is 0.583. The van der Waals surface area contributed by atoms with Gasteiger partial charge in [0.2, 0.25) is 11.9 Å². The maximum absolute atomic E-state index is 12.2. The second kappa shape index (κ2) is 10.7. The second-order valence-corrected chi connectivity index (χ2v) is 8.94. The van der Waals surface area contributed by atoms with E-state index >= 15 is 0 Å². The Hall–Kier alpha value is -2.74. The van der Waals surface area contributed by atoms with Crippen LogP contribution in [0, 0.1) is 5.92 Å². The zero-order valence-corrected chi connectivity index (χ0v) is 18.8. The van der Waals surface area contributed by atoms with E-state index in [9.17, 15) is 9.90 Å². The third-order valence-corrected chi connectivity index (χ3v) is 6.42. The van der Waals surface area contributed by atoms with Crippen molar-refractivity contribution in [1.29, 1.82) is 0 Å². The van der Waals surface area contributed by atoms with E-state index in [1.54, 1.807) is 12.4 Å². The number of unbranched alkanes of at least 4 members (excludes halogenated alkanes) is 1. The molecular formula is C24H34N6O2. The highest BCUT2D eigenvalue weighted by molar-refractivity contribution is 5.93. The van der Waals surface area contributed by atoms with Crippen molar-refractivity contribution in [1.82, 2.24) is 15.0 Å². The van der Waals surface area contributed by atoms with Gasteiger partial charge in [-0.3, -0.25) is 9.78 Å². The predicted molar refractivity (Wildman–Crippen MR) is 127 cm³/mol. The van der Waals surface area contributed by atoms with Gasteiger partial charge in [-0.2, -0.15) is 4.98 Å². The van der Waals surface area contributed by atoms with Gasteiger partial charge < -0.3 is 21.1 Å². The molecule has 0 aromatic carbocycles. The number of hydrogen-bond donors (Lipinski definition) is 4.